The zero-order valence-corrected chi connectivity index (χ0v) is 9.71. The zero-order chi connectivity index (χ0) is 11.1. The summed E-state index contributed by atoms with van der Waals surface area (Å²) in [7, 11) is 0. The van der Waals surface area contributed by atoms with Crippen molar-refractivity contribution >= 4 is 5.91 Å². The Kier molecular flexibility index (Phi) is 2.51. The fourth-order valence-corrected chi connectivity index (χ4v) is 2.28. The van der Waals surface area contributed by atoms with Crippen LogP contribution in [-0.2, 0) is 14.3 Å². The summed E-state index contributed by atoms with van der Waals surface area (Å²) in [5.41, 5.74) is -0.182. The number of amides is 1. The monoisotopic (exact) mass is 213 g/mol. The zero-order valence-electron chi connectivity index (χ0n) is 9.71. The number of carbonyl (C=O) groups excluding carboxylic acids is 1. The summed E-state index contributed by atoms with van der Waals surface area (Å²) in [4.78, 5) is 13.0. The Balaban J connectivity index is 1.96. The van der Waals surface area contributed by atoms with Gasteiger partial charge in [0.2, 0.25) is 5.91 Å². The molecule has 0 aromatic rings. The van der Waals surface area contributed by atoms with E-state index in [1.807, 2.05) is 18.7 Å². The Morgan fingerprint density at radius 3 is 2.27 bits per heavy atom. The number of likely N-dealkylation sites (tertiary alicyclic amines) is 1. The number of rotatable bonds is 0. The molecule has 4 heteroatoms. The first kappa shape index (κ1) is 10.9. The predicted molar refractivity (Wildman–Crippen MR) is 55.3 cm³/mol. The highest BCUT2D eigenvalue weighted by Gasteiger charge is 2.47. The van der Waals surface area contributed by atoms with Gasteiger partial charge in [-0.2, -0.15) is 0 Å². The van der Waals surface area contributed by atoms with E-state index in [0.717, 1.165) is 25.9 Å². The first-order valence-electron chi connectivity index (χ1n) is 5.52. The molecule has 0 unspecified atom stereocenters. The van der Waals surface area contributed by atoms with Gasteiger partial charge in [-0.05, 0) is 13.8 Å². The molecule has 2 saturated heterocycles. The molecule has 0 radical (unpaired) electrons. The number of ether oxygens (including phenoxy) is 2. The summed E-state index contributed by atoms with van der Waals surface area (Å²) in [6.07, 6.45) is 1.58. The van der Waals surface area contributed by atoms with Crippen molar-refractivity contribution < 1.29 is 14.3 Å². The van der Waals surface area contributed by atoms with Gasteiger partial charge in [-0.15, -0.1) is 0 Å². The molecule has 0 aromatic carbocycles. The molecule has 15 heavy (non-hydrogen) atoms. The maximum atomic E-state index is 11.2. The van der Waals surface area contributed by atoms with E-state index in [1.165, 1.54) is 0 Å². The van der Waals surface area contributed by atoms with Gasteiger partial charge >= 0.3 is 0 Å². The molecule has 4 nitrogen and oxygen atoms in total. The third kappa shape index (κ3) is 2.16. The summed E-state index contributed by atoms with van der Waals surface area (Å²) in [5, 5.41) is 0. The van der Waals surface area contributed by atoms with Crippen LogP contribution in [0.1, 0.15) is 33.6 Å². The van der Waals surface area contributed by atoms with Crippen molar-refractivity contribution in [3.63, 3.8) is 0 Å². The van der Waals surface area contributed by atoms with E-state index in [-0.39, 0.29) is 11.5 Å². The lowest BCUT2D eigenvalue weighted by Crippen LogP contribution is -2.47. The van der Waals surface area contributed by atoms with E-state index in [4.69, 9.17) is 9.47 Å². The second-order valence-corrected chi connectivity index (χ2v) is 5.07. The Bertz CT molecular complexity index is 267. The molecule has 2 fully saturated rings. The van der Waals surface area contributed by atoms with Gasteiger partial charge in [-0.25, -0.2) is 0 Å². The number of hydrogen-bond acceptors (Lipinski definition) is 3. The molecule has 0 atom stereocenters. The van der Waals surface area contributed by atoms with Gasteiger partial charge in [-0.1, -0.05) is 0 Å². The van der Waals surface area contributed by atoms with E-state index in [1.54, 1.807) is 6.92 Å². The minimum absolute atomic E-state index is 0.141. The largest absolute Gasteiger partial charge is 0.347 e. The molecular formula is C11H19NO3. The lowest BCUT2D eigenvalue weighted by molar-refractivity contribution is -0.206. The lowest BCUT2D eigenvalue weighted by Gasteiger charge is -2.38. The Labute approximate surface area is 90.5 Å². The Hall–Kier alpha value is -0.610. The second kappa shape index (κ2) is 3.46. The van der Waals surface area contributed by atoms with Crippen LogP contribution in [0.4, 0.5) is 0 Å². The highest BCUT2D eigenvalue weighted by atomic mass is 16.8. The van der Waals surface area contributed by atoms with Crippen molar-refractivity contribution in [2.75, 3.05) is 19.7 Å². The maximum absolute atomic E-state index is 11.2. The normalized spacial score (nSPS) is 28.3. The van der Waals surface area contributed by atoms with Gasteiger partial charge in [0, 0.05) is 32.9 Å². The highest BCUT2D eigenvalue weighted by Crippen LogP contribution is 2.38. The minimum atomic E-state index is -0.421. The SMILES string of the molecule is CC(=O)N1CCC2(CC1)OCC(C)(C)O2. The molecule has 0 aliphatic carbocycles. The first-order chi connectivity index (χ1) is 6.93. The van der Waals surface area contributed by atoms with Crippen LogP contribution in [-0.4, -0.2) is 41.9 Å². The molecule has 0 saturated carbocycles. The van der Waals surface area contributed by atoms with E-state index in [9.17, 15) is 4.79 Å². The molecule has 2 heterocycles. The summed E-state index contributed by atoms with van der Waals surface area (Å²) in [6, 6.07) is 0. The van der Waals surface area contributed by atoms with Crippen molar-refractivity contribution in [1.29, 1.82) is 0 Å². The van der Waals surface area contributed by atoms with E-state index >= 15 is 0 Å². The summed E-state index contributed by atoms with van der Waals surface area (Å²) < 4.78 is 11.7. The molecule has 86 valence electrons. The van der Waals surface area contributed by atoms with Crippen LogP contribution in [0.2, 0.25) is 0 Å². The molecule has 2 aliphatic rings. The standard InChI is InChI=1S/C11H19NO3/c1-9(13)12-6-4-11(5-7-12)14-8-10(2,3)15-11/h4-8H2,1-3H3. The molecule has 0 aromatic heterocycles. The van der Waals surface area contributed by atoms with Crippen LogP contribution in [0.15, 0.2) is 0 Å². The minimum Gasteiger partial charge on any atom is -0.347 e. The average molecular weight is 213 g/mol. The van der Waals surface area contributed by atoms with Crippen LogP contribution >= 0.6 is 0 Å². The fraction of sp³-hybridized carbons (Fsp3) is 0.909. The van der Waals surface area contributed by atoms with Gasteiger partial charge in [0.15, 0.2) is 5.79 Å². The fourth-order valence-electron chi connectivity index (χ4n) is 2.28. The number of piperidine rings is 1. The average Bonchev–Trinajstić information content (AvgIpc) is 2.43. The third-order valence-electron chi connectivity index (χ3n) is 3.12. The van der Waals surface area contributed by atoms with Gasteiger partial charge in [0.05, 0.1) is 12.2 Å². The summed E-state index contributed by atoms with van der Waals surface area (Å²) in [5.74, 6) is -0.280. The van der Waals surface area contributed by atoms with Crippen molar-refractivity contribution in [2.24, 2.45) is 0 Å². The van der Waals surface area contributed by atoms with Gasteiger partial charge in [-0.3, -0.25) is 4.79 Å². The van der Waals surface area contributed by atoms with Crippen LogP contribution in [0.5, 0.6) is 0 Å². The van der Waals surface area contributed by atoms with Crippen LogP contribution in [0.25, 0.3) is 0 Å². The van der Waals surface area contributed by atoms with Crippen LogP contribution in [0.3, 0.4) is 0 Å². The van der Waals surface area contributed by atoms with Crippen molar-refractivity contribution in [3.05, 3.63) is 0 Å². The Morgan fingerprint density at radius 1 is 1.27 bits per heavy atom. The van der Waals surface area contributed by atoms with Crippen molar-refractivity contribution in [3.8, 4) is 0 Å². The van der Waals surface area contributed by atoms with Crippen LogP contribution in [0, 0.1) is 0 Å². The molecule has 0 bridgehead atoms. The molecule has 1 amide bonds. The lowest BCUT2D eigenvalue weighted by atomic mass is 10.0. The molecule has 2 aliphatic heterocycles. The quantitative estimate of drug-likeness (QED) is 0.606. The molecule has 0 N–H and O–H groups in total. The van der Waals surface area contributed by atoms with Gasteiger partial charge in [0.25, 0.3) is 0 Å². The number of nitrogens with zero attached hydrogens (tertiary/aromatic N) is 1. The molecule has 1 spiro atoms. The Morgan fingerprint density at radius 2 is 1.87 bits per heavy atom. The van der Waals surface area contributed by atoms with Gasteiger partial charge < -0.3 is 14.4 Å². The summed E-state index contributed by atoms with van der Waals surface area (Å²) >= 11 is 0. The third-order valence-corrected chi connectivity index (χ3v) is 3.12. The van der Waals surface area contributed by atoms with E-state index in [2.05, 4.69) is 0 Å². The van der Waals surface area contributed by atoms with Crippen molar-refractivity contribution in [1.82, 2.24) is 4.90 Å². The number of hydrogen-bond donors (Lipinski definition) is 0. The molecule has 2 rings (SSSR count). The smallest absolute Gasteiger partial charge is 0.219 e. The topological polar surface area (TPSA) is 38.8 Å². The summed E-state index contributed by atoms with van der Waals surface area (Å²) in [6.45, 7) is 7.82. The highest BCUT2D eigenvalue weighted by molar-refractivity contribution is 5.73. The number of carbonyl (C=O) groups is 1. The first-order valence-corrected chi connectivity index (χ1v) is 5.52. The maximum Gasteiger partial charge on any atom is 0.219 e. The van der Waals surface area contributed by atoms with Gasteiger partial charge in [0.1, 0.15) is 0 Å². The van der Waals surface area contributed by atoms with Crippen LogP contribution < -0.4 is 0 Å². The van der Waals surface area contributed by atoms with E-state index < -0.39 is 5.79 Å². The predicted octanol–water partition coefficient (Wildman–Crippen LogP) is 1.15. The van der Waals surface area contributed by atoms with E-state index in [0.29, 0.717) is 6.61 Å². The van der Waals surface area contributed by atoms with Crippen molar-refractivity contribution in [2.45, 2.75) is 45.0 Å². The molecular weight excluding hydrogens is 194 g/mol. The second-order valence-electron chi connectivity index (χ2n) is 5.07.